The van der Waals surface area contributed by atoms with Gasteiger partial charge in [0.25, 0.3) is 10.0 Å². The molecular formula is C23H18N4O2S. The number of nitrogens with one attached hydrogen (secondary N) is 1. The van der Waals surface area contributed by atoms with Gasteiger partial charge < -0.3 is 0 Å². The van der Waals surface area contributed by atoms with Crippen molar-refractivity contribution in [1.29, 1.82) is 0 Å². The van der Waals surface area contributed by atoms with Gasteiger partial charge in [-0.15, -0.1) is 0 Å². The Bertz CT molecular complexity index is 1470. The molecule has 0 aliphatic heterocycles. The molecule has 0 unspecified atom stereocenters. The monoisotopic (exact) mass is 414 g/mol. The third-order valence-corrected chi connectivity index (χ3v) is 6.41. The Morgan fingerprint density at radius 3 is 2.60 bits per heavy atom. The third-order valence-electron chi connectivity index (χ3n) is 5.04. The second-order valence-electron chi connectivity index (χ2n) is 7.10. The fraction of sp³-hybridized carbons (Fsp3) is 0.0435. The van der Waals surface area contributed by atoms with Gasteiger partial charge in [-0.1, -0.05) is 42.5 Å². The molecule has 30 heavy (non-hydrogen) atoms. The normalized spacial score (nSPS) is 11.8. The molecule has 0 atom stereocenters. The summed E-state index contributed by atoms with van der Waals surface area (Å²) in [6.45, 7) is 1.87. The summed E-state index contributed by atoms with van der Waals surface area (Å²) in [5.41, 5.74) is 2.87. The lowest BCUT2D eigenvalue weighted by molar-refractivity contribution is 0.601. The van der Waals surface area contributed by atoms with Crippen molar-refractivity contribution < 1.29 is 8.42 Å². The molecule has 0 spiro atoms. The zero-order valence-electron chi connectivity index (χ0n) is 16.1. The summed E-state index contributed by atoms with van der Waals surface area (Å²) in [4.78, 5) is 8.97. The first kappa shape index (κ1) is 18.3. The fourth-order valence-electron chi connectivity index (χ4n) is 3.40. The lowest BCUT2D eigenvalue weighted by Crippen LogP contribution is -2.13. The predicted molar refractivity (Wildman–Crippen MR) is 118 cm³/mol. The highest BCUT2D eigenvalue weighted by molar-refractivity contribution is 7.92. The molecule has 0 saturated carbocycles. The van der Waals surface area contributed by atoms with Crippen molar-refractivity contribution in [3.05, 3.63) is 90.9 Å². The molecule has 2 heterocycles. The quantitative estimate of drug-likeness (QED) is 0.464. The number of imidazole rings is 1. The minimum absolute atomic E-state index is 0.225. The Morgan fingerprint density at radius 1 is 0.933 bits per heavy atom. The molecule has 148 valence electrons. The van der Waals surface area contributed by atoms with Crippen molar-refractivity contribution in [1.82, 2.24) is 14.4 Å². The van der Waals surface area contributed by atoms with E-state index in [0.717, 1.165) is 27.6 Å². The topological polar surface area (TPSA) is 76.4 Å². The second kappa shape index (κ2) is 6.96. The van der Waals surface area contributed by atoms with E-state index in [4.69, 9.17) is 0 Å². The van der Waals surface area contributed by atoms with E-state index >= 15 is 0 Å². The van der Waals surface area contributed by atoms with Gasteiger partial charge in [-0.3, -0.25) is 9.12 Å². The number of hydrogen-bond donors (Lipinski definition) is 1. The summed E-state index contributed by atoms with van der Waals surface area (Å²) in [5.74, 6) is 0.589. The number of rotatable bonds is 4. The van der Waals surface area contributed by atoms with Gasteiger partial charge in [0.15, 0.2) is 0 Å². The van der Waals surface area contributed by atoms with Crippen molar-refractivity contribution in [2.45, 2.75) is 11.8 Å². The van der Waals surface area contributed by atoms with Crippen LogP contribution in [0.4, 0.5) is 5.69 Å². The summed E-state index contributed by atoms with van der Waals surface area (Å²) in [5, 5.41) is 1.87. The smallest absolute Gasteiger partial charge is 0.261 e. The lowest BCUT2D eigenvalue weighted by atomic mass is 10.1. The molecule has 0 aliphatic carbocycles. The van der Waals surface area contributed by atoms with Crippen molar-refractivity contribution in [2.75, 3.05) is 4.72 Å². The van der Waals surface area contributed by atoms with Crippen LogP contribution in [0.2, 0.25) is 0 Å². The van der Waals surface area contributed by atoms with E-state index in [1.807, 2.05) is 72.2 Å². The zero-order valence-corrected chi connectivity index (χ0v) is 17.0. The molecule has 0 fully saturated rings. The molecule has 0 saturated heterocycles. The molecule has 0 aliphatic rings. The van der Waals surface area contributed by atoms with Crippen molar-refractivity contribution in [2.24, 2.45) is 0 Å². The van der Waals surface area contributed by atoms with Gasteiger partial charge in [-0.05, 0) is 47.5 Å². The van der Waals surface area contributed by atoms with E-state index in [1.165, 1.54) is 0 Å². The Morgan fingerprint density at radius 2 is 1.77 bits per heavy atom. The van der Waals surface area contributed by atoms with E-state index in [0.29, 0.717) is 11.5 Å². The highest BCUT2D eigenvalue weighted by atomic mass is 32.2. The summed E-state index contributed by atoms with van der Waals surface area (Å²) < 4.78 is 30.7. The lowest BCUT2D eigenvalue weighted by Gasteiger charge is -2.12. The first-order valence-electron chi connectivity index (χ1n) is 9.42. The standard InChI is InChI=1S/C23H18N4O2S/c1-16-7-8-19(22-15-27-12-4-11-24-23(27)25-22)14-21(16)26-30(28,29)20-10-9-17-5-2-3-6-18(17)13-20/h2-15,26H,1H3. The highest BCUT2D eigenvalue weighted by Gasteiger charge is 2.17. The number of aromatic nitrogens is 3. The Hall–Kier alpha value is -3.71. The molecule has 5 aromatic rings. The van der Waals surface area contributed by atoms with Gasteiger partial charge in [0, 0.05) is 24.2 Å². The first-order chi connectivity index (χ1) is 14.5. The summed E-state index contributed by atoms with van der Waals surface area (Å²) in [6.07, 6.45) is 5.43. The predicted octanol–water partition coefficient (Wildman–Crippen LogP) is 4.66. The molecule has 2 aromatic heterocycles. The molecule has 6 nitrogen and oxygen atoms in total. The molecule has 3 aromatic carbocycles. The molecule has 0 bridgehead atoms. The van der Waals surface area contributed by atoms with Crippen LogP contribution in [0.1, 0.15) is 5.56 Å². The zero-order chi connectivity index (χ0) is 20.7. The Balaban J connectivity index is 1.52. The Labute approximate surface area is 173 Å². The average molecular weight is 414 g/mol. The van der Waals surface area contributed by atoms with Crippen LogP contribution in [-0.2, 0) is 10.0 Å². The fourth-order valence-corrected chi connectivity index (χ4v) is 4.56. The van der Waals surface area contributed by atoms with Crippen LogP contribution in [0.3, 0.4) is 0 Å². The van der Waals surface area contributed by atoms with Gasteiger partial charge in [-0.25, -0.2) is 18.4 Å². The van der Waals surface area contributed by atoms with E-state index in [-0.39, 0.29) is 4.90 Å². The molecule has 0 amide bonds. The van der Waals surface area contributed by atoms with Crippen LogP contribution in [0, 0.1) is 6.92 Å². The maximum absolute atomic E-state index is 13.0. The first-order valence-corrected chi connectivity index (χ1v) is 10.9. The van der Waals surface area contributed by atoms with Crippen molar-refractivity contribution in [3.63, 3.8) is 0 Å². The summed E-state index contributed by atoms with van der Waals surface area (Å²) in [7, 11) is -3.74. The maximum atomic E-state index is 13.0. The molecule has 0 radical (unpaired) electrons. The second-order valence-corrected chi connectivity index (χ2v) is 8.78. The van der Waals surface area contributed by atoms with E-state index in [9.17, 15) is 8.42 Å². The minimum Gasteiger partial charge on any atom is -0.291 e. The number of fused-ring (bicyclic) bond motifs is 2. The number of sulfonamides is 1. The molecule has 7 heteroatoms. The number of nitrogens with zero attached hydrogens (tertiary/aromatic N) is 3. The molecule has 5 rings (SSSR count). The summed E-state index contributed by atoms with van der Waals surface area (Å²) in [6, 6.07) is 20.2. The summed E-state index contributed by atoms with van der Waals surface area (Å²) >= 11 is 0. The van der Waals surface area contributed by atoms with Crippen LogP contribution in [-0.4, -0.2) is 22.8 Å². The molecular weight excluding hydrogens is 396 g/mol. The number of anilines is 1. The van der Waals surface area contributed by atoms with Gasteiger partial charge in [0.05, 0.1) is 16.3 Å². The van der Waals surface area contributed by atoms with E-state index in [2.05, 4.69) is 14.7 Å². The van der Waals surface area contributed by atoms with Crippen molar-refractivity contribution in [3.8, 4) is 11.3 Å². The maximum Gasteiger partial charge on any atom is 0.261 e. The Kier molecular flexibility index (Phi) is 4.25. The SMILES string of the molecule is Cc1ccc(-c2cn3cccnc3n2)cc1NS(=O)(=O)c1ccc2ccccc2c1. The van der Waals surface area contributed by atoms with Crippen LogP contribution in [0.15, 0.2) is 90.2 Å². The van der Waals surface area contributed by atoms with Gasteiger partial charge in [0.2, 0.25) is 5.78 Å². The van der Waals surface area contributed by atoms with Crippen LogP contribution < -0.4 is 4.72 Å². The van der Waals surface area contributed by atoms with E-state index in [1.54, 1.807) is 24.4 Å². The highest BCUT2D eigenvalue weighted by Crippen LogP contribution is 2.28. The van der Waals surface area contributed by atoms with Gasteiger partial charge in [0.1, 0.15) is 0 Å². The number of benzene rings is 3. The third kappa shape index (κ3) is 3.29. The average Bonchev–Trinajstić information content (AvgIpc) is 3.19. The molecule has 1 N–H and O–H groups in total. The minimum atomic E-state index is -3.74. The largest absolute Gasteiger partial charge is 0.291 e. The van der Waals surface area contributed by atoms with Crippen LogP contribution in [0.25, 0.3) is 27.8 Å². The van der Waals surface area contributed by atoms with Crippen LogP contribution >= 0.6 is 0 Å². The van der Waals surface area contributed by atoms with Crippen molar-refractivity contribution >= 4 is 32.3 Å². The number of hydrogen-bond acceptors (Lipinski definition) is 4. The van der Waals surface area contributed by atoms with Crippen LogP contribution in [0.5, 0.6) is 0 Å². The van der Waals surface area contributed by atoms with Gasteiger partial charge in [-0.2, -0.15) is 0 Å². The van der Waals surface area contributed by atoms with Gasteiger partial charge >= 0.3 is 0 Å². The number of aryl methyl sites for hydroxylation is 1. The van der Waals surface area contributed by atoms with E-state index < -0.39 is 10.0 Å².